The highest BCUT2D eigenvalue weighted by Gasteiger charge is 2.18. The molecule has 0 atom stereocenters. The van der Waals surface area contributed by atoms with Gasteiger partial charge < -0.3 is 15.4 Å². The number of hydrogen-bond acceptors (Lipinski definition) is 2. The van der Waals surface area contributed by atoms with Crippen LogP contribution < -0.4 is 5.32 Å². The third kappa shape index (κ3) is 3.98. The Kier molecular flexibility index (Phi) is 4.56. The van der Waals surface area contributed by atoms with Crippen molar-refractivity contribution in [3.8, 4) is 0 Å². The molecule has 1 aromatic heterocycles. The third-order valence-electron chi connectivity index (χ3n) is 2.41. The van der Waals surface area contributed by atoms with Crippen LogP contribution in [-0.4, -0.2) is 29.1 Å². The second-order valence-electron chi connectivity index (χ2n) is 4.55. The average molecular weight is 289 g/mol. The molecule has 0 aromatic carbocycles. The summed E-state index contributed by atoms with van der Waals surface area (Å²) in [5.41, 5.74) is 0.445. The molecule has 3 N–H and O–H groups in total. The van der Waals surface area contributed by atoms with E-state index < -0.39 is 0 Å². The zero-order valence-corrected chi connectivity index (χ0v) is 11.1. The number of nitrogens with one attached hydrogen (secondary N) is 2. The number of rotatable bonds is 5. The number of aromatic nitrogens is 1. The topological polar surface area (TPSA) is 65.1 Å². The van der Waals surface area contributed by atoms with Gasteiger partial charge in [-0.05, 0) is 33.8 Å². The Morgan fingerprint density at radius 1 is 1.62 bits per heavy atom. The van der Waals surface area contributed by atoms with Gasteiger partial charge in [-0.1, -0.05) is 13.8 Å². The Balaban J connectivity index is 2.47. The maximum atomic E-state index is 11.7. The summed E-state index contributed by atoms with van der Waals surface area (Å²) in [5, 5.41) is 11.7. The fourth-order valence-corrected chi connectivity index (χ4v) is 1.65. The fraction of sp³-hybridized carbons (Fsp3) is 0.545. The zero-order chi connectivity index (χ0) is 12.2. The van der Waals surface area contributed by atoms with Gasteiger partial charge in [-0.25, -0.2) is 0 Å². The molecule has 1 aromatic rings. The Labute approximate surface area is 104 Å². The van der Waals surface area contributed by atoms with E-state index in [1.807, 2.05) is 13.8 Å². The molecule has 90 valence electrons. The van der Waals surface area contributed by atoms with Crippen molar-refractivity contribution in [2.45, 2.75) is 20.3 Å². The summed E-state index contributed by atoms with van der Waals surface area (Å²) in [5.74, 6) is -0.128. The third-order valence-corrected chi connectivity index (χ3v) is 2.87. The van der Waals surface area contributed by atoms with Crippen LogP contribution in [0, 0.1) is 5.41 Å². The molecule has 0 radical (unpaired) electrons. The van der Waals surface area contributed by atoms with E-state index in [1.54, 1.807) is 12.3 Å². The van der Waals surface area contributed by atoms with Crippen molar-refractivity contribution in [2.24, 2.45) is 5.41 Å². The lowest BCUT2D eigenvalue weighted by molar-refractivity contribution is 0.0924. The van der Waals surface area contributed by atoms with Crippen molar-refractivity contribution < 1.29 is 9.90 Å². The molecule has 0 bridgehead atoms. The first-order valence-electron chi connectivity index (χ1n) is 5.17. The molecule has 1 rings (SSSR count). The predicted molar refractivity (Wildman–Crippen MR) is 66.3 cm³/mol. The first-order chi connectivity index (χ1) is 7.44. The lowest BCUT2D eigenvalue weighted by atomic mass is 9.90. The highest BCUT2D eigenvalue weighted by atomic mass is 79.9. The molecular formula is C11H17BrN2O2. The molecule has 0 spiro atoms. The number of aliphatic hydroxyl groups excluding tert-OH is 1. The summed E-state index contributed by atoms with van der Waals surface area (Å²) in [7, 11) is 0. The minimum atomic E-state index is -0.128. The molecule has 16 heavy (non-hydrogen) atoms. The van der Waals surface area contributed by atoms with Crippen molar-refractivity contribution in [1.82, 2.24) is 10.3 Å². The van der Waals surface area contributed by atoms with Crippen molar-refractivity contribution in [3.05, 3.63) is 22.4 Å². The van der Waals surface area contributed by atoms with E-state index in [1.165, 1.54) is 0 Å². The molecule has 0 fully saturated rings. The summed E-state index contributed by atoms with van der Waals surface area (Å²) in [6.07, 6.45) is 2.38. The van der Waals surface area contributed by atoms with Crippen LogP contribution in [0.25, 0.3) is 0 Å². The van der Waals surface area contributed by atoms with Crippen LogP contribution in [0.1, 0.15) is 30.8 Å². The molecule has 0 unspecified atom stereocenters. The van der Waals surface area contributed by atoms with Crippen LogP contribution >= 0.6 is 15.9 Å². The van der Waals surface area contributed by atoms with Gasteiger partial charge >= 0.3 is 0 Å². The summed E-state index contributed by atoms with van der Waals surface area (Å²) >= 11 is 3.27. The second kappa shape index (κ2) is 5.50. The minimum Gasteiger partial charge on any atom is -0.396 e. The number of carbonyl (C=O) groups excluding carboxylic acids is 1. The van der Waals surface area contributed by atoms with Gasteiger partial charge in [0.15, 0.2) is 0 Å². The number of carbonyl (C=O) groups is 1. The maximum Gasteiger partial charge on any atom is 0.267 e. The van der Waals surface area contributed by atoms with Gasteiger partial charge in [0.05, 0.1) is 0 Å². The van der Waals surface area contributed by atoms with E-state index in [2.05, 4.69) is 26.2 Å². The summed E-state index contributed by atoms with van der Waals surface area (Å²) < 4.78 is 0.854. The zero-order valence-electron chi connectivity index (χ0n) is 9.51. The van der Waals surface area contributed by atoms with E-state index in [0.717, 1.165) is 4.47 Å². The molecule has 5 heteroatoms. The second-order valence-corrected chi connectivity index (χ2v) is 5.47. The predicted octanol–water partition coefficient (Wildman–Crippen LogP) is 1.92. The van der Waals surface area contributed by atoms with Crippen molar-refractivity contribution >= 4 is 21.8 Å². The lowest BCUT2D eigenvalue weighted by Gasteiger charge is -2.23. The van der Waals surface area contributed by atoms with Crippen molar-refractivity contribution in [3.63, 3.8) is 0 Å². The minimum absolute atomic E-state index is 0.0891. The largest absolute Gasteiger partial charge is 0.396 e. The van der Waals surface area contributed by atoms with Gasteiger partial charge in [-0.15, -0.1) is 0 Å². The Hall–Kier alpha value is -0.810. The van der Waals surface area contributed by atoms with Crippen molar-refractivity contribution in [1.29, 1.82) is 0 Å². The van der Waals surface area contributed by atoms with E-state index in [4.69, 9.17) is 5.11 Å². The summed E-state index contributed by atoms with van der Waals surface area (Å²) in [6.45, 7) is 4.70. The molecular weight excluding hydrogens is 272 g/mol. The van der Waals surface area contributed by atoms with E-state index in [-0.39, 0.29) is 17.9 Å². The van der Waals surface area contributed by atoms with Crippen LogP contribution in [0.3, 0.4) is 0 Å². The van der Waals surface area contributed by atoms with Gasteiger partial charge in [0.2, 0.25) is 0 Å². The lowest BCUT2D eigenvalue weighted by Crippen LogP contribution is -2.34. The highest BCUT2D eigenvalue weighted by molar-refractivity contribution is 9.10. The smallest absolute Gasteiger partial charge is 0.267 e. The molecule has 0 saturated carbocycles. The van der Waals surface area contributed by atoms with Crippen molar-refractivity contribution in [2.75, 3.05) is 13.2 Å². The normalized spacial score (nSPS) is 11.5. The standard InChI is InChI=1S/C11H17BrN2O2/c1-11(2,3-4-15)7-14-10(16)9-5-8(12)6-13-9/h5-6,13,15H,3-4,7H2,1-2H3,(H,14,16). The quantitative estimate of drug-likeness (QED) is 0.775. The summed E-state index contributed by atoms with van der Waals surface area (Å²) in [6, 6.07) is 1.73. The highest BCUT2D eigenvalue weighted by Crippen LogP contribution is 2.18. The fourth-order valence-electron chi connectivity index (χ4n) is 1.30. The van der Waals surface area contributed by atoms with Gasteiger partial charge in [-0.2, -0.15) is 0 Å². The molecule has 0 aliphatic rings. The molecule has 4 nitrogen and oxygen atoms in total. The van der Waals surface area contributed by atoms with Crippen LogP contribution in [-0.2, 0) is 0 Å². The Morgan fingerprint density at radius 2 is 2.31 bits per heavy atom. The van der Waals surface area contributed by atoms with Gasteiger partial charge in [0.25, 0.3) is 5.91 Å². The van der Waals surface area contributed by atoms with Crippen LogP contribution in [0.2, 0.25) is 0 Å². The van der Waals surface area contributed by atoms with Gasteiger partial charge in [0, 0.05) is 23.8 Å². The van der Waals surface area contributed by atoms with E-state index in [0.29, 0.717) is 18.7 Å². The van der Waals surface area contributed by atoms with Crippen LogP contribution in [0.4, 0.5) is 0 Å². The number of H-pyrrole nitrogens is 1. The summed E-state index contributed by atoms with van der Waals surface area (Å²) in [4.78, 5) is 14.5. The first-order valence-corrected chi connectivity index (χ1v) is 5.97. The van der Waals surface area contributed by atoms with Crippen LogP contribution in [0.15, 0.2) is 16.7 Å². The molecule has 1 heterocycles. The number of aromatic amines is 1. The number of aliphatic hydroxyl groups is 1. The molecule has 0 aliphatic heterocycles. The van der Waals surface area contributed by atoms with E-state index in [9.17, 15) is 4.79 Å². The number of halogens is 1. The maximum absolute atomic E-state index is 11.7. The average Bonchev–Trinajstić information content (AvgIpc) is 2.61. The SMILES string of the molecule is CC(C)(CCO)CNC(=O)c1cc(Br)c[nH]1. The molecule has 0 aliphatic carbocycles. The van der Waals surface area contributed by atoms with Gasteiger partial charge in [-0.3, -0.25) is 4.79 Å². The van der Waals surface area contributed by atoms with Crippen LogP contribution in [0.5, 0.6) is 0 Å². The molecule has 0 saturated heterocycles. The Bertz CT molecular complexity index is 361. The first kappa shape index (κ1) is 13.3. The van der Waals surface area contributed by atoms with E-state index >= 15 is 0 Å². The Morgan fingerprint density at radius 3 is 2.81 bits per heavy atom. The monoisotopic (exact) mass is 288 g/mol. The van der Waals surface area contributed by atoms with Gasteiger partial charge in [0.1, 0.15) is 5.69 Å². The molecule has 1 amide bonds. The number of hydrogen-bond donors (Lipinski definition) is 3. The number of amides is 1.